The second-order valence-corrected chi connectivity index (χ2v) is 4.60. The monoisotopic (exact) mass is 304 g/mol. The van der Waals surface area contributed by atoms with Crippen LogP contribution in [0.5, 0.6) is 0 Å². The van der Waals surface area contributed by atoms with Crippen LogP contribution in [0.25, 0.3) is 0 Å². The van der Waals surface area contributed by atoms with Gasteiger partial charge in [-0.3, -0.25) is 14.4 Å². The summed E-state index contributed by atoms with van der Waals surface area (Å²) in [5.74, 6) is -1.51. The van der Waals surface area contributed by atoms with E-state index in [2.05, 4.69) is 0 Å². The van der Waals surface area contributed by atoms with Gasteiger partial charge in [0, 0.05) is 27.9 Å². The Labute approximate surface area is 122 Å². The van der Waals surface area contributed by atoms with Crippen LogP contribution in [0.15, 0.2) is 0 Å². The maximum Gasteiger partial charge on any atom is 0.303 e. The fourth-order valence-electron chi connectivity index (χ4n) is 2.11. The predicted molar refractivity (Wildman–Crippen MR) is 68.3 cm³/mol. The molecule has 0 amide bonds. The van der Waals surface area contributed by atoms with Crippen LogP contribution < -0.4 is 0 Å². The average molecular weight is 304 g/mol. The van der Waals surface area contributed by atoms with E-state index in [1.54, 1.807) is 0 Å². The van der Waals surface area contributed by atoms with Crippen molar-refractivity contribution in [1.29, 1.82) is 0 Å². The molecule has 0 radical (unpaired) electrons. The van der Waals surface area contributed by atoms with Crippen molar-refractivity contribution >= 4 is 17.9 Å². The molecule has 0 unspecified atom stereocenters. The molecule has 0 aliphatic carbocycles. The second-order valence-electron chi connectivity index (χ2n) is 4.60. The van der Waals surface area contributed by atoms with Crippen LogP contribution >= 0.6 is 0 Å². The highest BCUT2D eigenvalue weighted by molar-refractivity contribution is 5.67. The van der Waals surface area contributed by atoms with Crippen LogP contribution in [-0.4, -0.2) is 62.6 Å². The van der Waals surface area contributed by atoms with E-state index in [1.807, 2.05) is 0 Å². The lowest BCUT2D eigenvalue weighted by Gasteiger charge is -2.40. The maximum atomic E-state index is 11.2. The topological polar surface area (TPSA) is 97.4 Å². The molecule has 0 spiro atoms. The highest BCUT2D eigenvalue weighted by atomic mass is 16.6. The van der Waals surface area contributed by atoms with Gasteiger partial charge >= 0.3 is 17.9 Å². The van der Waals surface area contributed by atoms with E-state index in [0.717, 1.165) is 0 Å². The van der Waals surface area contributed by atoms with Gasteiger partial charge in [-0.2, -0.15) is 0 Å². The molecule has 0 aromatic heterocycles. The quantitative estimate of drug-likeness (QED) is 0.510. The molecule has 1 heterocycles. The number of ether oxygens (including phenoxy) is 5. The molecule has 8 heteroatoms. The zero-order valence-electron chi connectivity index (χ0n) is 12.5. The van der Waals surface area contributed by atoms with Crippen molar-refractivity contribution in [2.24, 2.45) is 0 Å². The number of esters is 3. The van der Waals surface area contributed by atoms with Crippen LogP contribution in [0, 0.1) is 0 Å². The fraction of sp³-hybridized carbons (Fsp3) is 0.769. The maximum absolute atomic E-state index is 11.2. The van der Waals surface area contributed by atoms with Gasteiger partial charge in [0.2, 0.25) is 0 Å². The third-order valence-corrected chi connectivity index (χ3v) is 2.87. The summed E-state index contributed by atoms with van der Waals surface area (Å²) in [6.45, 7) is 3.74. The van der Waals surface area contributed by atoms with Crippen molar-refractivity contribution in [3.63, 3.8) is 0 Å². The summed E-state index contributed by atoms with van der Waals surface area (Å²) in [7, 11) is 1.40. The minimum absolute atomic E-state index is 0.0172. The Balaban J connectivity index is 2.83. The van der Waals surface area contributed by atoms with E-state index in [-0.39, 0.29) is 13.2 Å². The van der Waals surface area contributed by atoms with Gasteiger partial charge in [0.15, 0.2) is 12.2 Å². The number of hydrogen-bond donors (Lipinski definition) is 0. The van der Waals surface area contributed by atoms with Gasteiger partial charge in [-0.05, 0) is 0 Å². The third-order valence-electron chi connectivity index (χ3n) is 2.87. The molecule has 120 valence electrons. The van der Waals surface area contributed by atoms with E-state index in [4.69, 9.17) is 23.7 Å². The standard InChI is InChI=1S/C13H20O8/c1-7(14)18-5-10-12(17-4)13(21-9(3)16)11(6-19-10)20-8(2)15/h10-13H,5-6H2,1-4H3/t10-,11-,12-,13-/m1/s1. The third kappa shape index (κ3) is 5.31. The Kier molecular flexibility index (Phi) is 6.57. The first-order chi connectivity index (χ1) is 9.85. The SMILES string of the molecule is CO[C@H]1[C@H](OC(C)=O)[C@H](OC(C)=O)CO[C@@H]1COC(C)=O. The van der Waals surface area contributed by atoms with Crippen LogP contribution in [0.3, 0.4) is 0 Å². The Bertz CT molecular complexity index is 394. The zero-order valence-corrected chi connectivity index (χ0v) is 12.5. The van der Waals surface area contributed by atoms with Crippen molar-refractivity contribution in [2.75, 3.05) is 20.3 Å². The molecule has 0 aromatic rings. The van der Waals surface area contributed by atoms with Crippen molar-refractivity contribution in [3.05, 3.63) is 0 Å². The zero-order chi connectivity index (χ0) is 16.0. The molecule has 8 nitrogen and oxygen atoms in total. The van der Waals surface area contributed by atoms with E-state index < -0.39 is 42.3 Å². The van der Waals surface area contributed by atoms with Gasteiger partial charge in [0.1, 0.15) is 18.8 Å². The van der Waals surface area contributed by atoms with E-state index >= 15 is 0 Å². The molecule has 0 N–H and O–H groups in total. The van der Waals surface area contributed by atoms with Crippen LogP contribution in [-0.2, 0) is 38.1 Å². The Morgan fingerprint density at radius 1 is 1.00 bits per heavy atom. The largest absolute Gasteiger partial charge is 0.463 e. The number of methoxy groups -OCH3 is 1. The molecule has 0 saturated carbocycles. The Hall–Kier alpha value is -1.67. The van der Waals surface area contributed by atoms with Crippen molar-refractivity contribution in [1.82, 2.24) is 0 Å². The first kappa shape index (κ1) is 17.4. The van der Waals surface area contributed by atoms with Gasteiger partial charge in [-0.25, -0.2) is 0 Å². The Morgan fingerprint density at radius 3 is 2.10 bits per heavy atom. The fourth-order valence-corrected chi connectivity index (χ4v) is 2.11. The minimum atomic E-state index is -0.828. The second kappa shape index (κ2) is 7.94. The van der Waals surface area contributed by atoms with Crippen LogP contribution in [0.4, 0.5) is 0 Å². The predicted octanol–water partition coefficient (Wildman–Crippen LogP) is -0.173. The number of rotatable bonds is 5. The lowest BCUT2D eigenvalue weighted by atomic mass is 9.99. The number of hydrogen-bond acceptors (Lipinski definition) is 8. The number of carbonyl (C=O) groups is 3. The lowest BCUT2D eigenvalue weighted by Crippen LogP contribution is -2.57. The van der Waals surface area contributed by atoms with Crippen LogP contribution in [0.2, 0.25) is 0 Å². The molecule has 1 rings (SSSR count). The summed E-state index contributed by atoms with van der Waals surface area (Å²) in [5, 5.41) is 0. The molecule has 4 atom stereocenters. The highest BCUT2D eigenvalue weighted by Gasteiger charge is 2.45. The Morgan fingerprint density at radius 2 is 1.62 bits per heavy atom. The molecule has 1 fully saturated rings. The highest BCUT2D eigenvalue weighted by Crippen LogP contribution is 2.24. The average Bonchev–Trinajstić information content (AvgIpc) is 2.37. The summed E-state index contributed by atoms with van der Waals surface area (Å²) in [4.78, 5) is 33.2. The van der Waals surface area contributed by atoms with Crippen molar-refractivity contribution < 1.29 is 38.1 Å². The van der Waals surface area contributed by atoms with Gasteiger partial charge in [0.25, 0.3) is 0 Å². The molecular weight excluding hydrogens is 284 g/mol. The number of carbonyl (C=O) groups excluding carboxylic acids is 3. The lowest BCUT2D eigenvalue weighted by molar-refractivity contribution is -0.228. The molecule has 0 bridgehead atoms. The van der Waals surface area contributed by atoms with Crippen LogP contribution in [0.1, 0.15) is 20.8 Å². The molecular formula is C13H20O8. The smallest absolute Gasteiger partial charge is 0.303 e. The van der Waals surface area contributed by atoms with Gasteiger partial charge in [-0.15, -0.1) is 0 Å². The summed E-state index contributed by atoms with van der Waals surface area (Å²) in [5.41, 5.74) is 0. The van der Waals surface area contributed by atoms with E-state index in [0.29, 0.717) is 0 Å². The van der Waals surface area contributed by atoms with Gasteiger partial charge in [-0.1, -0.05) is 0 Å². The van der Waals surface area contributed by atoms with E-state index in [9.17, 15) is 14.4 Å². The first-order valence-corrected chi connectivity index (χ1v) is 6.47. The molecule has 0 aromatic carbocycles. The molecule has 1 aliphatic heterocycles. The molecule has 1 saturated heterocycles. The summed E-state index contributed by atoms with van der Waals surface area (Å²) >= 11 is 0. The molecule has 1 aliphatic rings. The normalized spacial score (nSPS) is 28.6. The van der Waals surface area contributed by atoms with Crippen molar-refractivity contribution in [2.45, 2.75) is 45.2 Å². The summed E-state index contributed by atoms with van der Waals surface area (Å²) < 4.78 is 25.9. The first-order valence-electron chi connectivity index (χ1n) is 6.47. The molecule has 21 heavy (non-hydrogen) atoms. The minimum Gasteiger partial charge on any atom is -0.463 e. The van der Waals surface area contributed by atoms with Crippen molar-refractivity contribution in [3.8, 4) is 0 Å². The summed E-state index contributed by atoms with van der Waals surface area (Å²) in [6.07, 6.45) is -2.93. The van der Waals surface area contributed by atoms with E-state index in [1.165, 1.54) is 27.9 Å². The van der Waals surface area contributed by atoms with Gasteiger partial charge in [0.05, 0.1) is 6.61 Å². The van der Waals surface area contributed by atoms with Gasteiger partial charge < -0.3 is 23.7 Å². The summed E-state index contributed by atoms with van der Waals surface area (Å²) in [6, 6.07) is 0.